The smallest absolute Gasteiger partial charge is 0.258 e. The number of ether oxygens (including phenoxy) is 1. The number of aromatic nitrogens is 3. The molecule has 2 aromatic heterocycles. The van der Waals surface area contributed by atoms with E-state index in [0.717, 1.165) is 12.8 Å². The van der Waals surface area contributed by atoms with Crippen molar-refractivity contribution in [1.29, 1.82) is 0 Å². The van der Waals surface area contributed by atoms with Gasteiger partial charge in [0.1, 0.15) is 12.4 Å². The molecule has 1 saturated heterocycles. The van der Waals surface area contributed by atoms with Gasteiger partial charge in [0.2, 0.25) is 5.91 Å². The molecule has 8 nitrogen and oxygen atoms in total. The lowest BCUT2D eigenvalue weighted by Crippen LogP contribution is -2.40. The number of hydrogen-bond donors (Lipinski definition) is 1. The lowest BCUT2D eigenvalue weighted by molar-refractivity contribution is -0.134. The van der Waals surface area contributed by atoms with Crippen LogP contribution in [0.15, 0.2) is 58.3 Å². The lowest BCUT2D eigenvalue weighted by atomic mass is 10.2. The first-order valence-corrected chi connectivity index (χ1v) is 9.63. The number of H-pyrrole nitrogens is 1. The average Bonchev–Trinajstić information content (AvgIpc) is 3.22. The number of carbonyl (C=O) groups excluding carboxylic acids is 1. The quantitative estimate of drug-likeness (QED) is 0.680. The van der Waals surface area contributed by atoms with E-state index in [0.29, 0.717) is 29.9 Å². The standard InChI is InChI=1S/C21H22N4O4/c26-19-9-3-4-10-24(19)14-20(27)25(12-15-6-5-11-29-15)13-18-22-17-8-2-1-7-16(17)21(28)23-18/h1-4,7-10,15H,5-6,11-14H2,(H,22,23,28). The highest BCUT2D eigenvalue weighted by Crippen LogP contribution is 2.15. The Kier molecular flexibility index (Phi) is 5.53. The van der Waals surface area contributed by atoms with E-state index in [4.69, 9.17) is 4.74 Å². The first-order valence-electron chi connectivity index (χ1n) is 9.63. The predicted octanol–water partition coefficient (Wildman–Crippen LogP) is 1.29. The number of nitrogens with zero attached hydrogens (tertiary/aromatic N) is 3. The van der Waals surface area contributed by atoms with E-state index in [1.165, 1.54) is 10.6 Å². The van der Waals surface area contributed by atoms with Crippen molar-refractivity contribution >= 4 is 16.8 Å². The molecule has 1 amide bonds. The number of pyridine rings is 1. The predicted molar refractivity (Wildman–Crippen MR) is 107 cm³/mol. The highest BCUT2D eigenvalue weighted by molar-refractivity contribution is 5.78. The molecule has 3 heterocycles. The van der Waals surface area contributed by atoms with Gasteiger partial charge in [0.05, 0.1) is 23.6 Å². The van der Waals surface area contributed by atoms with Gasteiger partial charge in [0.25, 0.3) is 11.1 Å². The van der Waals surface area contributed by atoms with Gasteiger partial charge in [-0.25, -0.2) is 4.98 Å². The van der Waals surface area contributed by atoms with Crippen molar-refractivity contribution < 1.29 is 9.53 Å². The highest BCUT2D eigenvalue weighted by Gasteiger charge is 2.24. The van der Waals surface area contributed by atoms with Gasteiger partial charge in [0.15, 0.2) is 0 Å². The normalized spacial score (nSPS) is 16.2. The van der Waals surface area contributed by atoms with Gasteiger partial charge in [-0.15, -0.1) is 0 Å². The van der Waals surface area contributed by atoms with Crippen LogP contribution in [0.4, 0.5) is 0 Å². The van der Waals surface area contributed by atoms with Crippen molar-refractivity contribution in [3.63, 3.8) is 0 Å². The Morgan fingerprint density at radius 1 is 1.21 bits per heavy atom. The summed E-state index contributed by atoms with van der Waals surface area (Å²) in [7, 11) is 0. The van der Waals surface area contributed by atoms with E-state index in [9.17, 15) is 14.4 Å². The molecule has 1 unspecified atom stereocenters. The van der Waals surface area contributed by atoms with Crippen LogP contribution >= 0.6 is 0 Å². The molecule has 4 rings (SSSR count). The zero-order chi connectivity index (χ0) is 20.2. The SMILES string of the molecule is O=C(Cn1ccccc1=O)N(Cc1nc2ccccc2c(=O)[nH]1)CC1CCCO1. The summed E-state index contributed by atoms with van der Waals surface area (Å²) < 4.78 is 7.05. The molecular weight excluding hydrogens is 372 g/mol. The van der Waals surface area contributed by atoms with Crippen LogP contribution in [0.3, 0.4) is 0 Å². The monoisotopic (exact) mass is 394 g/mol. The van der Waals surface area contributed by atoms with Crippen molar-refractivity contribution in [2.24, 2.45) is 0 Å². The maximum Gasteiger partial charge on any atom is 0.258 e. The van der Waals surface area contributed by atoms with Crippen LogP contribution in [0.2, 0.25) is 0 Å². The van der Waals surface area contributed by atoms with Crippen molar-refractivity contribution in [3.05, 3.63) is 75.2 Å². The van der Waals surface area contributed by atoms with Crippen molar-refractivity contribution in [2.75, 3.05) is 13.2 Å². The third-order valence-electron chi connectivity index (χ3n) is 5.01. The second kappa shape index (κ2) is 8.40. The molecule has 0 saturated carbocycles. The molecule has 1 aliphatic rings. The summed E-state index contributed by atoms with van der Waals surface area (Å²) in [5.74, 6) is 0.171. The Morgan fingerprint density at radius 3 is 2.83 bits per heavy atom. The zero-order valence-corrected chi connectivity index (χ0v) is 15.9. The number of nitrogens with one attached hydrogen (secondary N) is 1. The fourth-order valence-electron chi connectivity index (χ4n) is 3.52. The van der Waals surface area contributed by atoms with Crippen LogP contribution in [-0.4, -0.2) is 44.6 Å². The molecule has 0 radical (unpaired) electrons. The fourth-order valence-corrected chi connectivity index (χ4v) is 3.52. The van der Waals surface area contributed by atoms with Crippen molar-refractivity contribution in [1.82, 2.24) is 19.4 Å². The number of rotatable bonds is 6. The summed E-state index contributed by atoms with van der Waals surface area (Å²) in [5.41, 5.74) is 0.0968. The minimum Gasteiger partial charge on any atom is -0.376 e. The first kappa shape index (κ1) is 19.1. The minimum absolute atomic E-state index is 0.0568. The second-order valence-corrected chi connectivity index (χ2v) is 7.11. The van der Waals surface area contributed by atoms with Crippen LogP contribution in [0.5, 0.6) is 0 Å². The number of amides is 1. The number of hydrogen-bond acceptors (Lipinski definition) is 5. The van der Waals surface area contributed by atoms with E-state index >= 15 is 0 Å². The Hall–Kier alpha value is -3.26. The average molecular weight is 394 g/mol. The molecule has 1 atom stereocenters. The van der Waals surface area contributed by atoms with Crippen molar-refractivity contribution in [3.8, 4) is 0 Å². The topological polar surface area (TPSA) is 97.3 Å². The van der Waals surface area contributed by atoms with Crippen LogP contribution in [-0.2, 0) is 22.6 Å². The van der Waals surface area contributed by atoms with E-state index in [-0.39, 0.29) is 36.2 Å². The highest BCUT2D eigenvalue weighted by atomic mass is 16.5. The van der Waals surface area contributed by atoms with Crippen LogP contribution in [0.1, 0.15) is 18.7 Å². The Morgan fingerprint density at radius 2 is 2.03 bits per heavy atom. The Balaban J connectivity index is 1.60. The van der Waals surface area contributed by atoms with E-state index in [1.807, 2.05) is 6.07 Å². The number of fused-ring (bicyclic) bond motifs is 1. The number of benzene rings is 1. The van der Waals surface area contributed by atoms with Gasteiger partial charge in [-0.3, -0.25) is 14.4 Å². The van der Waals surface area contributed by atoms with Crippen LogP contribution in [0.25, 0.3) is 10.9 Å². The molecule has 1 aliphatic heterocycles. The third-order valence-corrected chi connectivity index (χ3v) is 5.01. The van der Waals surface area contributed by atoms with E-state index < -0.39 is 0 Å². The minimum atomic E-state index is -0.241. The number of carbonyl (C=O) groups is 1. The van der Waals surface area contributed by atoms with Gasteiger partial charge in [0, 0.05) is 25.4 Å². The molecule has 8 heteroatoms. The van der Waals surface area contributed by atoms with E-state index in [2.05, 4.69) is 9.97 Å². The van der Waals surface area contributed by atoms with E-state index in [1.54, 1.807) is 41.4 Å². The van der Waals surface area contributed by atoms with Crippen LogP contribution < -0.4 is 11.1 Å². The molecule has 1 N–H and O–H groups in total. The summed E-state index contributed by atoms with van der Waals surface area (Å²) in [6, 6.07) is 11.8. The first-order chi connectivity index (χ1) is 14.1. The zero-order valence-electron chi connectivity index (χ0n) is 15.9. The lowest BCUT2D eigenvalue weighted by Gasteiger charge is -2.25. The van der Waals surface area contributed by atoms with Gasteiger partial charge in [-0.2, -0.15) is 0 Å². The summed E-state index contributed by atoms with van der Waals surface area (Å²) in [6.07, 6.45) is 3.35. The molecular formula is C21H22N4O4. The van der Waals surface area contributed by atoms with Gasteiger partial charge in [-0.1, -0.05) is 18.2 Å². The molecule has 150 valence electrons. The van der Waals surface area contributed by atoms with Gasteiger partial charge in [-0.05, 0) is 31.0 Å². The Labute approximate surface area is 166 Å². The fraction of sp³-hybridized carbons (Fsp3) is 0.333. The van der Waals surface area contributed by atoms with Crippen molar-refractivity contribution in [2.45, 2.75) is 32.0 Å². The summed E-state index contributed by atoms with van der Waals surface area (Å²) in [6.45, 7) is 1.12. The molecule has 1 aromatic carbocycles. The molecule has 0 bridgehead atoms. The largest absolute Gasteiger partial charge is 0.376 e. The maximum absolute atomic E-state index is 13.0. The third kappa shape index (κ3) is 4.43. The number of para-hydroxylation sites is 1. The Bertz CT molecular complexity index is 1130. The molecule has 1 fully saturated rings. The molecule has 29 heavy (non-hydrogen) atoms. The molecule has 3 aromatic rings. The summed E-state index contributed by atoms with van der Waals surface area (Å²) in [4.78, 5) is 46.2. The maximum atomic E-state index is 13.0. The number of aromatic amines is 1. The van der Waals surface area contributed by atoms with Gasteiger partial charge < -0.3 is 19.2 Å². The summed E-state index contributed by atoms with van der Waals surface area (Å²) in [5, 5.41) is 0.504. The van der Waals surface area contributed by atoms with Crippen LogP contribution in [0, 0.1) is 0 Å². The molecule has 0 aliphatic carbocycles. The summed E-state index contributed by atoms with van der Waals surface area (Å²) >= 11 is 0. The molecule has 0 spiro atoms. The second-order valence-electron chi connectivity index (χ2n) is 7.11. The van der Waals surface area contributed by atoms with Gasteiger partial charge >= 0.3 is 0 Å².